The fourth-order valence-corrected chi connectivity index (χ4v) is 1.95. The van der Waals surface area contributed by atoms with Gasteiger partial charge in [-0.05, 0) is 24.7 Å². The number of hydrogen-bond donors (Lipinski definition) is 0. The first-order valence-corrected chi connectivity index (χ1v) is 4.15. The van der Waals surface area contributed by atoms with E-state index < -0.39 is 0 Å². The van der Waals surface area contributed by atoms with E-state index in [1.54, 1.807) is 0 Å². The highest BCUT2D eigenvalue weighted by atomic mass is 14.4. The molecular weight excluding hydrogens is 122 g/mol. The SMILES string of the molecule is CC(C)[C@@H]1CCC[C@H]1C#N. The summed E-state index contributed by atoms with van der Waals surface area (Å²) >= 11 is 0. The van der Waals surface area contributed by atoms with Crippen LogP contribution in [0.3, 0.4) is 0 Å². The summed E-state index contributed by atoms with van der Waals surface area (Å²) < 4.78 is 0. The van der Waals surface area contributed by atoms with Crippen LogP contribution < -0.4 is 0 Å². The molecule has 1 aliphatic rings. The third-order valence-corrected chi connectivity index (χ3v) is 2.59. The molecule has 0 aromatic rings. The Hall–Kier alpha value is -0.510. The summed E-state index contributed by atoms with van der Waals surface area (Å²) in [5.41, 5.74) is 0. The molecule has 1 rings (SSSR count). The minimum absolute atomic E-state index is 0.361. The molecule has 1 aliphatic carbocycles. The van der Waals surface area contributed by atoms with Crippen LogP contribution in [0.1, 0.15) is 33.1 Å². The third kappa shape index (κ3) is 1.31. The molecule has 0 amide bonds. The lowest BCUT2D eigenvalue weighted by Crippen LogP contribution is -2.12. The van der Waals surface area contributed by atoms with Crippen LogP contribution in [0.25, 0.3) is 0 Å². The summed E-state index contributed by atoms with van der Waals surface area (Å²) in [6.45, 7) is 4.45. The van der Waals surface area contributed by atoms with Crippen LogP contribution in [0.5, 0.6) is 0 Å². The molecule has 1 heteroatoms. The standard InChI is InChI=1S/C9H15N/c1-7(2)9-5-3-4-8(9)6-10/h7-9H,3-5H2,1-2H3/t8-,9-/m0/s1. The lowest BCUT2D eigenvalue weighted by Gasteiger charge is -2.16. The van der Waals surface area contributed by atoms with Crippen molar-refractivity contribution in [2.45, 2.75) is 33.1 Å². The summed E-state index contributed by atoms with van der Waals surface area (Å²) in [7, 11) is 0. The number of nitriles is 1. The van der Waals surface area contributed by atoms with E-state index >= 15 is 0 Å². The van der Waals surface area contributed by atoms with Crippen LogP contribution in [0.4, 0.5) is 0 Å². The Morgan fingerprint density at radius 3 is 2.50 bits per heavy atom. The molecule has 0 spiro atoms. The molecule has 0 radical (unpaired) electrons. The fraction of sp³-hybridized carbons (Fsp3) is 0.889. The van der Waals surface area contributed by atoms with Crippen LogP contribution >= 0.6 is 0 Å². The predicted octanol–water partition coefficient (Wildman–Crippen LogP) is 2.58. The van der Waals surface area contributed by atoms with E-state index in [0.717, 1.165) is 6.42 Å². The number of hydrogen-bond acceptors (Lipinski definition) is 1. The number of rotatable bonds is 1. The van der Waals surface area contributed by atoms with Gasteiger partial charge in [0.05, 0.1) is 6.07 Å². The Bertz CT molecular complexity index is 143. The van der Waals surface area contributed by atoms with Crippen LogP contribution in [0.2, 0.25) is 0 Å². The van der Waals surface area contributed by atoms with Crippen molar-refractivity contribution in [2.24, 2.45) is 17.8 Å². The first-order valence-electron chi connectivity index (χ1n) is 4.15. The van der Waals surface area contributed by atoms with Crippen LogP contribution in [0, 0.1) is 29.1 Å². The molecule has 0 aromatic heterocycles. The summed E-state index contributed by atoms with van der Waals surface area (Å²) in [5, 5.41) is 8.74. The molecule has 0 aliphatic heterocycles. The van der Waals surface area contributed by atoms with Gasteiger partial charge in [-0.25, -0.2) is 0 Å². The molecule has 0 bridgehead atoms. The van der Waals surface area contributed by atoms with E-state index in [0.29, 0.717) is 17.8 Å². The van der Waals surface area contributed by atoms with E-state index in [4.69, 9.17) is 5.26 Å². The van der Waals surface area contributed by atoms with E-state index in [-0.39, 0.29) is 0 Å². The molecule has 0 N–H and O–H groups in total. The zero-order chi connectivity index (χ0) is 7.56. The highest BCUT2D eigenvalue weighted by molar-refractivity contribution is 4.93. The van der Waals surface area contributed by atoms with Crippen molar-refractivity contribution in [1.82, 2.24) is 0 Å². The van der Waals surface area contributed by atoms with Crippen LogP contribution in [0.15, 0.2) is 0 Å². The van der Waals surface area contributed by atoms with Gasteiger partial charge in [0.25, 0.3) is 0 Å². The Balaban J connectivity index is 2.52. The van der Waals surface area contributed by atoms with Gasteiger partial charge in [-0.2, -0.15) is 5.26 Å². The smallest absolute Gasteiger partial charge is 0.0658 e. The van der Waals surface area contributed by atoms with Gasteiger partial charge in [0.15, 0.2) is 0 Å². The topological polar surface area (TPSA) is 23.8 Å². The zero-order valence-electron chi connectivity index (χ0n) is 6.80. The maximum absolute atomic E-state index is 8.74. The second-order valence-electron chi connectivity index (χ2n) is 3.57. The molecule has 0 unspecified atom stereocenters. The largest absolute Gasteiger partial charge is 0.198 e. The van der Waals surface area contributed by atoms with Gasteiger partial charge in [-0.3, -0.25) is 0 Å². The van der Waals surface area contributed by atoms with Crippen molar-refractivity contribution < 1.29 is 0 Å². The van der Waals surface area contributed by atoms with Gasteiger partial charge < -0.3 is 0 Å². The van der Waals surface area contributed by atoms with Crippen molar-refractivity contribution >= 4 is 0 Å². The molecule has 0 aromatic carbocycles. The molecule has 56 valence electrons. The average molecular weight is 137 g/mol. The van der Waals surface area contributed by atoms with Gasteiger partial charge in [0, 0.05) is 5.92 Å². The zero-order valence-corrected chi connectivity index (χ0v) is 6.80. The van der Waals surface area contributed by atoms with Crippen molar-refractivity contribution in [3.8, 4) is 6.07 Å². The quantitative estimate of drug-likeness (QED) is 0.545. The minimum atomic E-state index is 0.361. The molecule has 1 fully saturated rings. The summed E-state index contributed by atoms with van der Waals surface area (Å²) in [4.78, 5) is 0. The number of nitrogens with zero attached hydrogens (tertiary/aromatic N) is 1. The lowest BCUT2D eigenvalue weighted by atomic mass is 9.87. The van der Waals surface area contributed by atoms with Gasteiger partial charge in [-0.1, -0.05) is 20.3 Å². The average Bonchev–Trinajstić information content (AvgIpc) is 2.33. The molecular formula is C9H15N. The molecule has 1 saturated carbocycles. The summed E-state index contributed by atoms with van der Waals surface area (Å²) in [5.74, 6) is 1.75. The summed E-state index contributed by atoms with van der Waals surface area (Å²) in [6, 6.07) is 2.40. The molecule has 2 atom stereocenters. The van der Waals surface area contributed by atoms with Gasteiger partial charge in [-0.15, -0.1) is 0 Å². The van der Waals surface area contributed by atoms with Crippen molar-refractivity contribution in [2.75, 3.05) is 0 Å². The normalized spacial score (nSPS) is 32.6. The van der Waals surface area contributed by atoms with Gasteiger partial charge >= 0.3 is 0 Å². The molecule has 0 saturated heterocycles. The van der Waals surface area contributed by atoms with E-state index in [1.165, 1.54) is 12.8 Å². The van der Waals surface area contributed by atoms with Gasteiger partial charge in [0.1, 0.15) is 0 Å². The highest BCUT2D eigenvalue weighted by Gasteiger charge is 2.28. The Morgan fingerprint density at radius 2 is 2.10 bits per heavy atom. The van der Waals surface area contributed by atoms with Gasteiger partial charge in [0.2, 0.25) is 0 Å². The van der Waals surface area contributed by atoms with Crippen molar-refractivity contribution in [1.29, 1.82) is 5.26 Å². The molecule has 1 nitrogen and oxygen atoms in total. The minimum Gasteiger partial charge on any atom is -0.198 e. The van der Waals surface area contributed by atoms with Crippen molar-refractivity contribution in [3.63, 3.8) is 0 Å². The lowest BCUT2D eigenvalue weighted by molar-refractivity contribution is 0.344. The predicted molar refractivity (Wildman–Crippen MR) is 41.3 cm³/mol. The van der Waals surface area contributed by atoms with E-state index in [2.05, 4.69) is 19.9 Å². The maximum Gasteiger partial charge on any atom is 0.0658 e. The Kier molecular flexibility index (Phi) is 2.32. The molecule has 0 heterocycles. The fourth-order valence-electron chi connectivity index (χ4n) is 1.95. The van der Waals surface area contributed by atoms with Crippen molar-refractivity contribution in [3.05, 3.63) is 0 Å². The maximum atomic E-state index is 8.74. The Morgan fingerprint density at radius 1 is 1.40 bits per heavy atom. The Labute approximate surface area is 63.0 Å². The summed E-state index contributed by atoms with van der Waals surface area (Å²) in [6.07, 6.45) is 3.68. The monoisotopic (exact) mass is 137 g/mol. The second-order valence-corrected chi connectivity index (χ2v) is 3.57. The third-order valence-electron chi connectivity index (χ3n) is 2.59. The molecule has 10 heavy (non-hydrogen) atoms. The first-order chi connectivity index (χ1) is 4.75. The second kappa shape index (κ2) is 3.05. The first kappa shape index (κ1) is 7.60. The highest BCUT2D eigenvalue weighted by Crippen LogP contribution is 2.35. The van der Waals surface area contributed by atoms with Crippen LogP contribution in [-0.4, -0.2) is 0 Å². The van der Waals surface area contributed by atoms with Crippen LogP contribution in [-0.2, 0) is 0 Å². The van der Waals surface area contributed by atoms with E-state index in [1.807, 2.05) is 0 Å². The van der Waals surface area contributed by atoms with E-state index in [9.17, 15) is 0 Å².